The van der Waals surface area contributed by atoms with Gasteiger partial charge in [-0.3, -0.25) is 14.6 Å². The largest absolute Gasteiger partial charge is 0.573 e. The van der Waals surface area contributed by atoms with Gasteiger partial charge < -0.3 is 15.4 Å². The SMILES string of the molecule is CC1=CN2NNC(C(=O)Nc3ccc(OC(F)(F)F)cc3)C2C(=O)N1. The molecule has 1 aromatic rings. The van der Waals surface area contributed by atoms with Crippen molar-refractivity contribution in [2.24, 2.45) is 0 Å². The molecule has 1 aromatic carbocycles. The van der Waals surface area contributed by atoms with Gasteiger partial charge in [-0.05, 0) is 31.2 Å². The van der Waals surface area contributed by atoms with Crippen LogP contribution in [-0.2, 0) is 9.59 Å². The molecule has 2 unspecified atom stereocenters. The van der Waals surface area contributed by atoms with Gasteiger partial charge in [-0.1, -0.05) is 0 Å². The minimum atomic E-state index is -4.78. The van der Waals surface area contributed by atoms with Crippen molar-refractivity contribution < 1.29 is 27.5 Å². The smallest absolute Gasteiger partial charge is 0.406 e. The van der Waals surface area contributed by atoms with Crippen LogP contribution in [0.1, 0.15) is 6.92 Å². The maximum absolute atomic E-state index is 12.4. The van der Waals surface area contributed by atoms with Crippen molar-refractivity contribution in [3.05, 3.63) is 36.2 Å². The summed E-state index contributed by atoms with van der Waals surface area (Å²) in [6.45, 7) is 1.70. The number of anilines is 1. The minimum absolute atomic E-state index is 0.266. The van der Waals surface area contributed by atoms with Crippen molar-refractivity contribution in [2.75, 3.05) is 5.32 Å². The van der Waals surface area contributed by atoms with Crippen LogP contribution < -0.4 is 26.3 Å². The summed E-state index contributed by atoms with van der Waals surface area (Å²) in [6.07, 6.45) is -3.15. The molecule has 0 aliphatic carbocycles. The molecule has 3 rings (SSSR count). The summed E-state index contributed by atoms with van der Waals surface area (Å²) in [5, 5.41) is 6.63. The molecule has 4 N–H and O–H groups in total. The lowest BCUT2D eigenvalue weighted by Crippen LogP contribution is -2.54. The maximum Gasteiger partial charge on any atom is 0.573 e. The van der Waals surface area contributed by atoms with Crippen LogP contribution in [0.2, 0.25) is 0 Å². The van der Waals surface area contributed by atoms with Crippen molar-refractivity contribution in [3.8, 4) is 5.75 Å². The number of rotatable bonds is 3. The normalized spacial score (nSPS) is 22.8. The van der Waals surface area contributed by atoms with Gasteiger partial charge in [0, 0.05) is 17.6 Å². The zero-order valence-corrected chi connectivity index (χ0v) is 12.8. The molecule has 1 saturated heterocycles. The Balaban J connectivity index is 1.66. The molecule has 1 fully saturated rings. The standard InChI is InChI=1S/C14H14F3N5O3/c1-7-6-22-11(13(24)18-7)10(20-21-22)12(23)19-8-2-4-9(5-3-8)25-14(15,16)17/h2-6,10-11,20-21H,1H3,(H,18,24)(H,19,23). The fourth-order valence-electron chi connectivity index (χ4n) is 2.52. The Bertz CT molecular complexity index is 719. The first-order valence-corrected chi connectivity index (χ1v) is 7.18. The second-order valence-corrected chi connectivity index (χ2v) is 5.45. The van der Waals surface area contributed by atoms with Crippen LogP contribution in [0.5, 0.6) is 5.75 Å². The molecule has 0 saturated carbocycles. The van der Waals surface area contributed by atoms with E-state index in [4.69, 9.17) is 0 Å². The van der Waals surface area contributed by atoms with E-state index in [2.05, 4.69) is 26.3 Å². The average Bonchev–Trinajstić information content (AvgIpc) is 2.92. The van der Waals surface area contributed by atoms with Crippen LogP contribution in [0.15, 0.2) is 36.2 Å². The Morgan fingerprint density at radius 1 is 1.28 bits per heavy atom. The third-order valence-electron chi connectivity index (χ3n) is 3.52. The molecule has 2 aliphatic heterocycles. The molecule has 2 heterocycles. The lowest BCUT2D eigenvalue weighted by atomic mass is 10.1. The monoisotopic (exact) mass is 357 g/mol. The maximum atomic E-state index is 12.4. The number of hydrazine groups is 2. The first-order chi connectivity index (χ1) is 11.7. The fraction of sp³-hybridized carbons (Fsp3) is 0.286. The Labute approximate surface area is 139 Å². The summed E-state index contributed by atoms with van der Waals surface area (Å²) in [6, 6.07) is 3.01. The molecule has 2 amide bonds. The first kappa shape index (κ1) is 17.0. The molecule has 11 heteroatoms. The number of hydrogen-bond acceptors (Lipinski definition) is 6. The van der Waals surface area contributed by atoms with E-state index in [9.17, 15) is 22.8 Å². The molecule has 0 radical (unpaired) electrons. The quantitative estimate of drug-likeness (QED) is 0.632. The number of amides is 2. The summed E-state index contributed by atoms with van der Waals surface area (Å²) in [5.41, 5.74) is 6.30. The number of nitrogens with one attached hydrogen (secondary N) is 4. The number of fused-ring (bicyclic) bond motifs is 1. The fourth-order valence-corrected chi connectivity index (χ4v) is 2.52. The van der Waals surface area contributed by atoms with E-state index >= 15 is 0 Å². The van der Waals surface area contributed by atoms with Crippen molar-refractivity contribution in [1.29, 1.82) is 0 Å². The predicted octanol–water partition coefficient (Wildman–Crippen LogP) is 0.577. The van der Waals surface area contributed by atoms with Gasteiger partial charge in [0.05, 0.1) is 0 Å². The number of benzene rings is 1. The van der Waals surface area contributed by atoms with E-state index in [0.29, 0.717) is 5.70 Å². The molecule has 2 atom stereocenters. The number of carbonyl (C=O) groups is 2. The number of ether oxygens (including phenoxy) is 1. The van der Waals surface area contributed by atoms with E-state index < -0.39 is 30.1 Å². The number of carbonyl (C=O) groups excluding carboxylic acids is 2. The zero-order valence-electron chi connectivity index (χ0n) is 12.8. The highest BCUT2D eigenvalue weighted by Gasteiger charge is 2.44. The third kappa shape index (κ3) is 3.83. The van der Waals surface area contributed by atoms with Gasteiger partial charge in [0.1, 0.15) is 11.8 Å². The minimum Gasteiger partial charge on any atom is -0.406 e. The molecule has 2 aliphatic rings. The van der Waals surface area contributed by atoms with Gasteiger partial charge in [0.15, 0.2) is 6.04 Å². The van der Waals surface area contributed by atoms with E-state index in [1.165, 1.54) is 17.1 Å². The molecule has 0 bridgehead atoms. The highest BCUT2D eigenvalue weighted by Crippen LogP contribution is 2.24. The van der Waals surface area contributed by atoms with Crippen molar-refractivity contribution in [1.82, 2.24) is 21.3 Å². The van der Waals surface area contributed by atoms with Crippen LogP contribution in [0.25, 0.3) is 0 Å². The molecule has 0 aromatic heterocycles. The molecule has 25 heavy (non-hydrogen) atoms. The lowest BCUT2D eigenvalue weighted by Gasteiger charge is -2.28. The number of halogens is 3. The van der Waals surface area contributed by atoms with E-state index in [0.717, 1.165) is 12.1 Å². The Hall–Kier alpha value is -2.79. The van der Waals surface area contributed by atoms with Crippen LogP contribution in [0.3, 0.4) is 0 Å². The average molecular weight is 357 g/mol. The van der Waals surface area contributed by atoms with Crippen molar-refractivity contribution >= 4 is 17.5 Å². The molecular weight excluding hydrogens is 343 g/mol. The summed E-state index contributed by atoms with van der Waals surface area (Å²) < 4.78 is 40.1. The second-order valence-electron chi connectivity index (χ2n) is 5.45. The van der Waals surface area contributed by atoms with Crippen LogP contribution in [0.4, 0.5) is 18.9 Å². The van der Waals surface area contributed by atoms with Crippen LogP contribution >= 0.6 is 0 Å². The highest BCUT2D eigenvalue weighted by molar-refractivity contribution is 6.00. The van der Waals surface area contributed by atoms with Gasteiger partial charge in [0.2, 0.25) is 5.91 Å². The Morgan fingerprint density at radius 3 is 2.60 bits per heavy atom. The number of nitrogens with zero attached hydrogens (tertiary/aromatic N) is 1. The summed E-state index contributed by atoms with van der Waals surface area (Å²) in [5.74, 6) is -1.27. The number of alkyl halides is 3. The lowest BCUT2D eigenvalue weighted by molar-refractivity contribution is -0.274. The number of allylic oxidation sites excluding steroid dienone is 1. The highest BCUT2D eigenvalue weighted by atomic mass is 19.4. The topological polar surface area (TPSA) is 94.7 Å². The van der Waals surface area contributed by atoms with Crippen molar-refractivity contribution in [3.63, 3.8) is 0 Å². The Morgan fingerprint density at radius 2 is 1.96 bits per heavy atom. The van der Waals surface area contributed by atoms with Gasteiger partial charge in [-0.2, -0.15) is 5.53 Å². The van der Waals surface area contributed by atoms with Gasteiger partial charge >= 0.3 is 6.36 Å². The van der Waals surface area contributed by atoms with Crippen LogP contribution in [0, 0.1) is 0 Å². The van der Waals surface area contributed by atoms with Crippen LogP contribution in [-0.4, -0.2) is 35.3 Å². The molecule has 8 nitrogen and oxygen atoms in total. The van der Waals surface area contributed by atoms with E-state index in [1.54, 1.807) is 13.1 Å². The van der Waals surface area contributed by atoms with Gasteiger partial charge in [-0.25, -0.2) is 5.43 Å². The summed E-state index contributed by atoms with van der Waals surface area (Å²) in [4.78, 5) is 24.4. The van der Waals surface area contributed by atoms with Crippen molar-refractivity contribution in [2.45, 2.75) is 25.4 Å². The molecule has 0 spiro atoms. The molecule has 134 valence electrons. The second kappa shape index (κ2) is 6.26. The van der Waals surface area contributed by atoms with E-state index in [1.807, 2.05) is 0 Å². The van der Waals surface area contributed by atoms with Gasteiger partial charge in [-0.15, -0.1) is 13.2 Å². The van der Waals surface area contributed by atoms with Gasteiger partial charge in [0.25, 0.3) is 5.91 Å². The Kier molecular flexibility index (Phi) is 4.27. The summed E-state index contributed by atoms with van der Waals surface area (Å²) >= 11 is 0. The third-order valence-corrected chi connectivity index (χ3v) is 3.52. The predicted molar refractivity (Wildman–Crippen MR) is 79.3 cm³/mol. The van der Waals surface area contributed by atoms with E-state index in [-0.39, 0.29) is 11.6 Å². The zero-order chi connectivity index (χ0) is 18.2. The summed E-state index contributed by atoms with van der Waals surface area (Å²) in [7, 11) is 0. The number of hydrogen-bond donors (Lipinski definition) is 4. The first-order valence-electron chi connectivity index (χ1n) is 7.18. The molecular formula is C14H14F3N5O3.